The Morgan fingerprint density at radius 1 is 0.870 bits per heavy atom. The van der Waals surface area contributed by atoms with Crippen LogP contribution in [0.3, 0.4) is 0 Å². The van der Waals surface area contributed by atoms with Gasteiger partial charge in [0.1, 0.15) is 0 Å². The minimum atomic E-state index is -1.78. The molecule has 4 heterocycles. The van der Waals surface area contributed by atoms with Crippen molar-refractivity contribution >= 4 is 50.8 Å². The molecule has 0 N–H and O–H groups in total. The van der Waals surface area contributed by atoms with Gasteiger partial charge in [0.05, 0.1) is 22.4 Å². The molecule has 0 saturated carbocycles. The number of aromatic nitrogens is 4. The number of para-hydroxylation sites is 2. The minimum Gasteiger partial charge on any atom is 0 e. The monoisotopic (exact) mass is 848 g/mol. The maximum absolute atomic E-state index is 8.02. The van der Waals surface area contributed by atoms with E-state index in [0.29, 0.717) is 5.71 Å². The van der Waals surface area contributed by atoms with Gasteiger partial charge in [-0.1, -0.05) is 23.1 Å². The van der Waals surface area contributed by atoms with Crippen LogP contribution < -0.4 is 4.40 Å². The van der Waals surface area contributed by atoms with E-state index in [1.807, 2.05) is 81.6 Å². The molecule has 7 rings (SSSR count). The fourth-order valence-corrected chi connectivity index (χ4v) is 7.69. The fourth-order valence-electron chi connectivity index (χ4n) is 5.52. The van der Waals surface area contributed by atoms with Crippen LogP contribution in [0.1, 0.15) is 52.3 Å². The first-order valence-electron chi connectivity index (χ1n) is 16.0. The van der Waals surface area contributed by atoms with E-state index in [1.165, 1.54) is 4.40 Å². The third-order valence-corrected chi connectivity index (χ3v) is 12.3. The van der Waals surface area contributed by atoms with Gasteiger partial charge in [0.25, 0.3) is 0 Å². The topological polar surface area (TPSA) is 56.7 Å². The van der Waals surface area contributed by atoms with Crippen LogP contribution in [0.15, 0.2) is 89.5 Å². The molecular formula is C39H40GeIrN4O-2. The number of fused-ring (bicyclic) bond motifs is 4. The van der Waals surface area contributed by atoms with Gasteiger partial charge in [0, 0.05) is 37.2 Å². The van der Waals surface area contributed by atoms with Gasteiger partial charge in [-0.15, -0.1) is 18.2 Å². The summed E-state index contributed by atoms with van der Waals surface area (Å²) in [4.78, 5) is 14.0. The molecular weight excluding hydrogens is 805 g/mol. The predicted octanol–water partition coefficient (Wildman–Crippen LogP) is 9.90. The first kappa shape index (κ1) is 32.4. The van der Waals surface area contributed by atoms with Gasteiger partial charge in [-0.2, -0.15) is 0 Å². The Morgan fingerprint density at radius 2 is 1.65 bits per heavy atom. The van der Waals surface area contributed by atoms with Crippen LogP contribution in [0.5, 0.6) is 0 Å². The average molecular weight is 847 g/mol. The molecule has 46 heavy (non-hydrogen) atoms. The van der Waals surface area contributed by atoms with Gasteiger partial charge in [0.15, 0.2) is 0 Å². The summed E-state index contributed by atoms with van der Waals surface area (Å²) in [6.45, 7) is 10.1. The number of pyridine rings is 2. The maximum Gasteiger partial charge on any atom is 0 e. The third-order valence-electron chi connectivity index (χ3n) is 8.07. The molecule has 3 aromatic carbocycles. The largest absolute Gasteiger partial charge is 0 e. The van der Waals surface area contributed by atoms with Crippen LogP contribution in [0, 0.1) is 19.1 Å². The molecule has 0 amide bonds. The van der Waals surface area contributed by atoms with Crippen molar-refractivity contribution in [2.45, 2.75) is 63.8 Å². The number of benzene rings is 3. The van der Waals surface area contributed by atoms with E-state index in [0.717, 1.165) is 61.3 Å². The van der Waals surface area contributed by atoms with Crippen molar-refractivity contribution in [2.24, 2.45) is 0 Å². The molecule has 7 aromatic rings. The Labute approximate surface area is 289 Å². The molecule has 0 unspecified atom stereocenters. The number of hydrogen-bond donors (Lipinski definition) is 0. The summed E-state index contributed by atoms with van der Waals surface area (Å²) in [5.74, 6) is 7.41. The second kappa shape index (κ2) is 13.6. The summed E-state index contributed by atoms with van der Waals surface area (Å²) >= 11 is -1.78. The molecule has 237 valence electrons. The quantitative estimate of drug-likeness (QED) is 0.128. The zero-order valence-electron chi connectivity index (χ0n) is 28.7. The van der Waals surface area contributed by atoms with Crippen molar-refractivity contribution in [3.05, 3.63) is 108 Å². The zero-order chi connectivity index (χ0) is 32.8. The van der Waals surface area contributed by atoms with Gasteiger partial charge < -0.3 is 8.98 Å². The van der Waals surface area contributed by atoms with E-state index >= 15 is 0 Å². The molecule has 5 nitrogen and oxygen atoms in total. The molecule has 0 saturated heterocycles. The smallest absolute Gasteiger partial charge is 0 e. The van der Waals surface area contributed by atoms with Crippen molar-refractivity contribution in [3.8, 4) is 22.6 Å². The summed E-state index contributed by atoms with van der Waals surface area (Å²) in [5, 5.41) is 2.07. The predicted molar refractivity (Wildman–Crippen MR) is 190 cm³/mol. The Morgan fingerprint density at radius 3 is 2.30 bits per heavy atom. The molecule has 0 spiro atoms. The second-order valence-electron chi connectivity index (χ2n) is 13.1. The molecule has 1 radical (unpaired) electrons. The molecule has 0 aliphatic heterocycles. The first-order chi connectivity index (χ1) is 21.8. The number of hydrogen-bond acceptors (Lipinski definition) is 4. The second-order valence-corrected chi connectivity index (χ2v) is 23.7. The van der Waals surface area contributed by atoms with Crippen molar-refractivity contribution in [3.63, 3.8) is 0 Å². The fraction of sp³-hybridized carbons (Fsp3) is 0.256. The van der Waals surface area contributed by atoms with Crippen LogP contribution in [0.2, 0.25) is 17.3 Å². The molecule has 0 fully saturated rings. The molecule has 7 heteroatoms. The molecule has 0 bridgehead atoms. The first-order valence-corrected chi connectivity index (χ1v) is 22.8. The SMILES string of the molecule is Cc1ccc2c(n1)oc1c(-c3nc4ccccc4n3C(C)C)[c-]ccc12.[2H]C(C)(C)c1c[c-]c(-c2cc[c]([Ge]([CH3])([CH3])[CH3])cn2)cc1.[Ir]. The van der Waals surface area contributed by atoms with E-state index in [2.05, 4.69) is 82.0 Å². The van der Waals surface area contributed by atoms with Crippen molar-refractivity contribution < 1.29 is 25.9 Å². The number of nitrogens with zero attached hydrogens (tertiary/aromatic N) is 4. The molecule has 4 aromatic heterocycles. The molecule has 0 atom stereocenters. The van der Waals surface area contributed by atoms with E-state index in [9.17, 15) is 0 Å². The van der Waals surface area contributed by atoms with Crippen molar-refractivity contribution in [1.82, 2.24) is 19.5 Å². The Hall–Kier alpha value is -3.58. The Balaban J connectivity index is 0.000000188. The summed E-state index contributed by atoms with van der Waals surface area (Å²) < 4.78 is 17.8. The van der Waals surface area contributed by atoms with Crippen LogP contribution in [0.4, 0.5) is 0 Å². The van der Waals surface area contributed by atoms with Gasteiger partial charge >= 0.3 is 120 Å². The van der Waals surface area contributed by atoms with Crippen molar-refractivity contribution in [2.75, 3.05) is 0 Å². The summed E-state index contributed by atoms with van der Waals surface area (Å²) in [7, 11) is 0. The van der Waals surface area contributed by atoms with Crippen LogP contribution in [-0.4, -0.2) is 32.8 Å². The van der Waals surface area contributed by atoms with E-state index in [4.69, 9.17) is 10.8 Å². The number of imidazole rings is 1. The standard InChI is InChI=1S/C22H18N3O.C17H22GeN.Ir/c1-13(2)25-19-10-5-4-9-18(19)24-21(25)17-8-6-7-15-16-12-11-14(3)23-22(16)26-20(15)17;1-13(2)14-6-8-15(9-7-14)17-11-10-16(12-19-17)18(3,4)5;/h4-7,9-13H,1-3H3;6-8,10-13H,1-5H3;/q2*-1;/i;13D;. The van der Waals surface area contributed by atoms with Gasteiger partial charge in [0.2, 0.25) is 5.71 Å². The molecule has 0 aliphatic carbocycles. The number of rotatable bonds is 5. The van der Waals surface area contributed by atoms with Crippen LogP contribution in [0.25, 0.3) is 55.7 Å². The summed E-state index contributed by atoms with van der Waals surface area (Å²) in [6.07, 6.45) is 2.02. The maximum atomic E-state index is 8.02. The number of furan rings is 1. The van der Waals surface area contributed by atoms with E-state index < -0.39 is 19.2 Å². The van der Waals surface area contributed by atoms with Gasteiger partial charge in [-0.25, -0.2) is 4.98 Å². The van der Waals surface area contributed by atoms with Crippen LogP contribution in [-0.2, 0) is 20.1 Å². The third kappa shape index (κ3) is 6.76. The zero-order valence-corrected chi connectivity index (χ0v) is 32.2. The number of aryl methyl sites for hydroxylation is 1. The Bertz CT molecular complexity index is 2100. The normalized spacial score (nSPS) is 12.2. The Kier molecular flexibility index (Phi) is 9.60. The van der Waals surface area contributed by atoms with Crippen molar-refractivity contribution in [1.29, 1.82) is 0 Å². The molecule has 0 aliphatic rings. The van der Waals surface area contributed by atoms with Crippen LogP contribution >= 0.6 is 0 Å². The summed E-state index contributed by atoms with van der Waals surface area (Å²) in [6, 6.07) is 33.3. The van der Waals surface area contributed by atoms with E-state index in [-0.39, 0.29) is 26.1 Å². The van der Waals surface area contributed by atoms with Gasteiger partial charge in [-0.05, 0) is 45.0 Å². The van der Waals surface area contributed by atoms with E-state index in [1.54, 1.807) is 0 Å². The van der Waals surface area contributed by atoms with Gasteiger partial charge in [-0.3, -0.25) is 4.98 Å². The average Bonchev–Trinajstić information content (AvgIpc) is 3.59. The minimum absolute atomic E-state index is 0. The summed E-state index contributed by atoms with van der Waals surface area (Å²) in [5.41, 5.74) is 8.29.